The normalized spacial score (nSPS) is 9.07. The van der Waals surface area contributed by atoms with Crippen LogP contribution in [0.3, 0.4) is 0 Å². The van der Waals surface area contributed by atoms with Crippen LogP contribution in [-0.4, -0.2) is 11.9 Å². The summed E-state index contributed by atoms with van der Waals surface area (Å²) in [5.41, 5.74) is 9.98. The molecule has 0 aliphatic rings. The van der Waals surface area contributed by atoms with Gasteiger partial charge in [0, 0.05) is 0 Å². The van der Waals surface area contributed by atoms with Gasteiger partial charge < -0.3 is 11.5 Å². The van der Waals surface area contributed by atoms with Gasteiger partial charge >= 0.3 is 6.03 Å². The molecule has 0 spiro atoms. The highest BCUT2D eigenvalue weighted by Gasteiger charge is 2.14. The Morgan fingerprint density at radius 1 is 1.50 bits per heavy atom. The van der Waals surface area contributed by atoms with Crippen molar-refractivity contribution in [3.8, 4) is 6.07 Å². The Bertz CT molecular complexity index is 431. The summed E-state index contributed by atoms with van der Waals surface area (Å²) in [5.74, 6) is -0.716. The van der Waals surface area contributed by atoms with Crippen molar-refractivity contribution in [3.05, 3.63) is 16.5 Å². The maximum Gasteiger partial charge on any atom is 0.317 e. The van der Waals surface area contributed by atoms with Gasteiger partial charge in [-0.1, -0.05) is 0 Å². The van der Waals surface area contributed by atoms with E-state index in [0.29, 0.717) is 0 Å². The molecular formula is C7H6N4O2S. The Morgan fingerprint density at radius 2 is 2.14 bits per heavy atom. The first-order valence-electron chi connectivity index (χ1n) is 3.44. The third kappa shape index (κ3) is 1.99. The zero-order chi connectivity index (χ0) is 10.7. The van der Waals surface area contributed by atoms with Gasteiger partial charge in [-0.05, 0) is 6.07 Å². The van der Waals surface area contributed by atoms with E-state index in [1.54, 1.807) is 0 Å². The zero-order valence-electron chi connectivity index (χ0n) is 6.90. The molecule has 0 aliphatic heterocycles. The lowest BCUT2D eigenvalue weighted by Gasteiger charge is -1.98. The molecule has 0 unspecified atom stereocenters. The van der Waals surface area contributed by atoms with E-state index in [2.05, 4.69) is 5.32 Å². The predicted octanol–water partition coefficient (Wildman–Crippen LogP) is 0.209. The average Bonchev–Trinajstić information content (AvgIpc) is 2.46. The molecule has 0 radical (unpaired) electrons. The van der Waals surface area contributed by atoms with Crippen molar-refractivity contribution in [3.63, 3.8) is 0 Å². The van der Waals surface area contributed by atoms with Crippen LogP contribution >= 0.6 is 11.3 Å². The van der Waals surface area contributed by atoms with Crippen molar-refractivity contribution in [2.75, 3.05) is 5.32 Å². The maximum absolute atomic E-state index is 10.9. The summed E-state index contributed by atoms with van der Waals surface area (Å²) >= 11 is 0.942. The van der Waals surface area contributed by atoms with Crippen LogP contribution in [0, 0.1) is 11.3 Å². The number of hydrogen-bond acceptors (Lipinski definition) is 4. The molecule has 0 atom stereocenters. The fourth-order valence-electron chi connectivity index (χ4n) is 0.834. The molecular weight excluding hydrogens is 204 g/mol. The highest BCUT2D eigenvalue weighted by Crippen LogP contribution is 2.26. The van der Waals surface area contributed by atoms with Crippen LogP contribution < -0.4 is 16.8 Å². The summed E-state index contributed by atoms with van der Waals surface area (Å²) in [6.07, 6.45) is 0. The van der Waals surface area contributed by atoms with E-state index in [-0.39, 0.29) is 15.4 Å². The van der Waals surface area contributed by atoms with E-state index >= 15 is 0 Å². The highest BCUT2D eigenvalue weighted by molar-refractivity contribution is 7.17. The van der Waals surface area contributed by atoms with Crippen LogP contribution in [0.15, 0.2) is 6.07 Å². The van der Waals surface area contributed by atoms with E-state index in [0.717, 1.165) is 11.3 Å². The molecule has 1 aromatic heterocycles. The lowest BCUT2D eigenvalue weighted by atomic mass is 10.3. The number of hydrogen-bond donors (Lipinski definition) is 3. The first kappa shape index (κ1) is 10.0. The number of nitrogens with two attached hydrogens (primary N) is 2. The molecule has 0 aromatic carbocycles. The SMILES string of the molecule is N#Cc1cc(C(N)=O)c(NC(N)=O)s1. The summed E-state index contributed by atoms with van der Waals surface area (Å²) in [6.45, 7) is 0. The van der Waals surface area contributed by atoms with E-state index in [1.807, 2.05) is 6.07 Å². The summed E-state index contributed by atoms with van der Waals surface area (Å²) in [7, 11) is 0. The standard InChI is InChI=1S/C7H6N4O2S/c8-2-3-1-4(5(9)12)6(14-3)11-7(10)13/h1H,(H2,9,12)(H3,10,11,13). The van der Waals surface area contributed by atoms with Gasteiger partial charge in [-0.25, -0.2) is 4.79 Å². The minimum Gasteiger partial charge on any atom is -0.366 e. The van der Waals surface area contributed by atoms with Gasteiger partial charge in [0.05, 0.1) is 5.56 Å². The zero-order valence-corrected chi connectivity index (χ0v) is 7.72. The monoisotopic (exact) mass is 210 g/mol. The number of rotatable bonds is 2. The van der Waals surface area contributed by atoms with E-state index < -0.39 is 11.9 Å². The lowest BCUT2D eigenvalue weighted by molar-refractivity contribution is 0.100. The maximum atomic E-state index is 10.9. The second-order valence-electron chi connectivity index (χ2n) is 2.32. The van der Waals surface area contributed by atoms with Gasteiger partial charge in [0.25, 0.3) is 5.91 Å². The number of amides is 3. The minimum atomic E-state index is -0.807. The minimum absolute atomic E-state index is 0.0883. The van der Waals surface area contributed by atoms with Gasteiger partial charge in [0.15, 0.2) is 0 Å². The second kappa shape index (κ2) is 3.76. The van der Waals surface area contributed by atoms with Crippen LogP contribution in [0.2, 0.25) is 0 Å². The van der Waals surface area contributed by atoms with Crippen molar-refractivity contribution in [2.45, 2.75) is 0 Å². The Labute approximate surface area is 83.1 Å². The molecule has 0 fully saturated rings. The number of thiophene rings is 1. The first-order chi connectivity index (χ1) is 6.54. The van der Waals surface area contributed by atoms with Gasteiger partial charge in [0.1, 0.15) is 15.9 Å². The molecule has 1 aromatic rings. The Morgan fingerprint density at radius 3 is 2.57 bits per heavy atom. The molecule has 1 heterocycles. The number of urea groups is 1. The second-order valence-corrected chi connectivity index (χ2v) is 3.37. The molecule has 5 N–H and O–H groups in total. The number of carbonyl (C=O) groups excluding carboxylic acids is 2. The number of nitrogens with zero attached hydrogens (tertiary/aromatic N) is 1. The largest absolute Gasteiger partial charge is 0.366 e. The number of nitrogens with one attached hydrogen (secondary N) is 1. The van der Waals surface area contributed by atoms with Gasteiger partial charge in [0.2, 0.25) is 0 Å². The van der Waals surface area contributed by atoms with Crippen LogP contribution in [0.1, 0.15) is 15.2 Å². The number of carbonyl (C=O) groups is 2. The summed E-state index contributed by atoms with van der Waals surface area (Å²) in [4.78, 5) is 21.7. The Kier molecular flexibility index (Phi) is 2.69. The van der Waals surface area contributed by atoms with Crippen molar-refractivity contribution >= 4 is 28.3 Å². The summed E-state index contributed by atoms with van der Waals surface area (Å²) < 4.78 is 0. The van der Waals surface area contributed by atoms with Gasteiger partial charge in [-0.15, -0.1) is 11.3 Å². The molecule has 0 bridgehead atoms. The van der Waals surface area contributed by atoms with Crippen molar-refractivity contribution in [1.29, 1.82) is 5.26 Å². The lowest BCUT2D eigenvalue weighted by Crippen LogP contribution is -2.21. The summed E-state index contributed by atoms with van der Waals surface area (Å²) in [6, 6.07) is 2.33. The molecule has 0 aliphatic carbocycles. The fourth-order valence-corrected chi connectivity index (χ4v) is 1.70. The van der Waals surface area contributed by atoms with E-state index in [4.69, 9.17) is 16.7 Å². The van der Waals surface area contributed by atoms with Gasteiger partial charge in [-0.2, -0.15) is 5.26 Å². The average molecular weight is 210 g/mol. The smallest absolute Gasteiger partial charge is 0.317 e. The highest BCUT2D eigenvalue weighted by atomic mass is 32.1. The molecule has 72 valence electrons. The quantitative estimate of drug-likeness (QED) is 0.646. The third-order valence-corrected chi connectivity index (χ3v) is 2.30. The van der Waals surface area contributed by atoms with Crippen LogP contribution in [-0.2, 0) is 0 Å². The number of nitriles is 1. The van der Waals surface area contributed by atoms with Crippen molar-refractivity contribution in [2.24, 2.45) is 11.5 Å². The van der Waals surface area contributed by atoms with Crippen molar-refractivity contribution in [1.82, 2.24) is 0 Å². The molecule has 0 saturated carbocycles. The Hall–Kier alpha value is -2.07. The molecule has 0 saturated heterocycles. The topological polar surface area (TPSA) is 122 Å². The number of primary amides is 2. The van der Waals surface area contributed by atoms with Crippen LogP contribution in [0.5, 0.6) is 0 Å². The van der Waals surface area contributed by atoms with Crippen LogP contribution in [0.25, 0.3) is 0 Å². The summed E-state index contributed by atoms with van der Waals surface area (Å²) in [5, 5.41) is 11.0. The van der Waals surface area contributed by atoms with E-state index in [1.165, 1.54) is 6.07 Å². The van der Waals surface area contributed by atoms with E-state index in [9.17, 15) is 9.59 Å². The van der Waals surface area contributed by atoms with Crippen molar-refractivity contribution < 1.29 is 9.59 Å². The third-order valence-electron chi connectivity index (χ3n) is 1.34. The Balaban J connectivity index is 3.13. The molecule has 1 rings (SSSR count). The van der Waals surface area contributed by atoms with Gasteiger partial charge in [-0.3, -0.25) is 10.1 Å². The fraction of sp³-hybridized carbons (Fsp3) is 0. The molecule has 6 nitrogen and oxygen atoms in total. The first-order valence-corrected chi connectivity index (χ1v) is 4.26. The number of anilines is 1. The van der Waals surface area contributed by atoms with Crippen LogP contribution in [0.4, 0.5) is 9.80 Å². The molecule has 14 heavy (non-hydrogen) atoms. The molecule has 7 heteroatoms. The molecule has 3 amide bonds. The predicted molar refractivity (Wildman–Crippen MR) is 50.8 cm³/mol.